The number of unbranched alkanes of at least 4 members (excludes halogenated alkanes) is 1. The standard InChI is InChI=1S/C4H7N.C2H5B3.W/c1-2-3-4-5;1-2-4-5-3;/h2-3H2,1H3;2H2,1H3;. The normalized spacial score (nSPS) is 5.91. The van der Waals surface area contributed by atoms with Crippen molar-refractivity contribution >= 4 is 22.0 Å². The van der Waals surface area contributed by atoms with Crippen LogP contribution in [0.25, 0.3) is 0 Å². The first kappa shape index (κ1) is 17.5. The van der Waals surface area contributed by atoms with Crippen molar-refractivity contribution in [2.24, 2.45) is 0 Å². The Labute approximate surface area is 87.4 Å². The van der Waals surface area contributed by atoms with Crippen LogP contribution in [0.5, 0.6) is 0 Å². The van der Waals surface area contributed by atoms with E-state index in [9.17, 15) is 0 Å². The molecule has 11 heavy (non-hydrogen) atoms. The van der Waals surface area contributed by atoms with Crippen molar-refractivity contribution in [3.63, 3.8) is 0 Å². The Hall–Kier alpha value is 0.373. The summed E-state index contributed by atoms with van der Waals surface area (Å²) in [4.78, 5) is 0. The molecule has 0 rings (SSSR count). The Kier molecular flexibility index (Phi) is 35.6. The zero-order valence-corrected chi connectivity index (χ0v) is 10.1. The van der Waals surface area contributed by atoms with E-state index in [4.69, 9.17) is 13.0 Å². The smallest absolute Gasteiger partial charge is 0.0621 e. The topological polar surface area (TPSA) is 23.8 Å². The summed E-state index contributed by atoms with van der Waals surface area (Å²) in [6.07, 6.45) is 2.72. The third-order valence-corrected chi connectivity index (χ3v) is 0.734. The third-order valence-electron chi connectivity index (χ3n) is 0.734. The van der Waals surface area contributed by atoms with Gasteiger partial charge in [0.25, 0.3) is 0 Å². The summed E-state index contributed by atoms with van der Waals surface area (Å²) in [7, 11) is 8.42. The quantitative estimate of drug-likeness (QED) is 0.717. The van der Waals surface area contributed by atoms with Gasteiger partial charge in [-0.1, -0.05) is 20.2 Å². The van der Waals surface area contributed by atoms with E-state index in [0.29, 0.717) is 6.42 Å². The maximum absolute atomic E-state index is 7.82. The SMILES string of the molecule is CCCC#N.[B][B][B]CC.[W]. The number of hydrogen-bond acceptors (Lipinski definition) is 1. The van der Waals surface area contributed by atoms with E-state index in [1.807, 2.05) is 27.1 Å². The molecule has 4 radical (unpaired) electrons. The van der Waals surface area contributed by atoms with Gasteiger partial charge in [0.1, 0.15) is 0 Å². The number of nitriles is 1. The van der Waals surface area contributed by atoms with Crippen LogP contribution in [0.4, 0.5) is 0 Å². The van der Waals surface area contributed by atoms with Crippen LogP contribution in [0.3, 0.4) is 0 Å². The van der Waals surface area contributed by atoms with Gasteiger partial charge in [0.2, 0.25) is 0 Å². The van der Waals surface area contributed by atoms with Crippen molar-refractivity contribution in [1.82, 2.24) is 0 Å². The van der Waals surface area contributed by atoms with E-state index in [-0.39, 0.29) is 21.1 Å². The molecule has 0 aromatic carbocycles. The minimum absolute atomic E-state index is 0. The average molecular weight is 314 g/mol. The van der Waals surface area contributed by atoms with Gasteiger partial charge in [-0.25, -0.2) is 0 Å². The molecule has 5 heteroatoms. The van der Waals surface area contributed by atoms with Gasteiger partial charge in [-0.15, -0.1) is 0 Å². The summed E-state index contributed by atoms with van der Waals surface area (Å²) in [5.74, 6) is 0. The van der Waals surface area contributed by atoms with Crippen molar-refractivity contribution in [1.29, 1.82) is 5.26 Å². The molecule has 0 aliphatic rings. The van der Waals surface area contributed by atoms with Crippen LogP contribution >= 0.6 is 0 Å². The van der Waals surface area contributed by atoms with Crippen LogP contribution in [-0.2, 0) is 21.1 Å². The monoisotopic (exact) mass is 315 g/mol. The third kappa shape index (κ3) is 38.0. The second-order valence-electron chi connectivity index (χ2n) is 1.74. The molecule has 0 aromatic rings. The van der Waals surface area contributed by atoms with Gasteiger partial charge in [0.05, 0.1) is 13.2 Å². The van der Waals surface area contributed by atoms with E-state index in [0.717, 1.165) is 12.7 Å². The molecule has 0 atom stereocenters. The van der Waals surface area contributed by atoms with Crippen LogP contribution in [-0.4, -0.2) is 22.0 Å². The molecule has 0 fully saturated rings. The van der Waals surface area contributed by atoms with Crippen LogP contribution in [0.2, 0.25) is 6.32 Å². The second kappa shape index (κ2) is 22.4. The minimum Gasteiger partial charge on any atom is -0.198 e. The maximum Gasteiger partial charge on any atom is 0.0621 e. The first-order chi connectivity index (χ1) is 4.83. The number of hydrogen-bond donors (Lipinski definition) is 0. The van der Waals surface area contributed by atoms with Crippen LogP contribution < -0.4 is 0 Å². The molecule has 0 bridgehead atoms. The van der Waals surface area contributed by atoms with E-state index in [1.54, 1.807) is 7.06 Å². The fourth-order valence-corrected chi connectivity index (χ4v) is 0.248. The molecule has 1 nitrogen and oxygen atoms in total. The zero-order chi connectivity index (χ0) is 8.24. The number of nitrogens with zero attached hydrogens (tertiary/aromatic N) is 1. The molecule has 0 unspecified atom stereocenters. The molecule has 0 aromatic heterocycles. The Morgan fingerprint density at radius 1 is 1.45 bits per heavy atom. The van der Waals surface area contributed by atoms with Gasteiger partial charge in [-0.05, 0) is 6.42 Å². The van der Waals surface area contributed by atoms with Gasteiger partial charge in [0, 0.05) is 42.3 Å². The van der Waals surface area contributed by atoms with Gasteiger partial charge in [-0.2, -0.15) is 5.26 Å². The molecule has 0 amide bonds. The van der Waals surface area contributed by atoms with Crippen molar-refractivity contribution in [2.45, 2.75) is 33.0 Å². The first-order valence-electron chi connectivity index (χ1n) is 3.57. The molecule has 0 N–H and O–H groups in total. The fraction of sp³-hybridized carbons (Fsp3) is 0.833. The van der Waals surface area contributed by atoms with E-state index < -0.39 is 0 Å². The molecular formula is C6H12B3NW. The Morgan fingerprint density at radius 3 is 2.00 bits per heavy atom. The summed E-state index contributed by atoms with van der Waals surface area (Å²) >= 11 is 0. The van der Waals surface area contributed by atoms with E-state index in [2.05, 4.69) is 0 Å². The van der Waals surface area contributed by atoms with Crippen molar-refractivity contribution in [3.05, 3.63) is 0 Å². The summed E-state index contributed by atoms with van der Waals surface area (Å²) in [5, 5.41) is 7.82. The molecular weight excluding hydrogens is 302 g/mol. The van der Waals surface area contributed by atoms with Crippen LogP contribution in [0.15, 0.2) is 0 Å². The Morgan fingerprint density at radius 2 is 2.00 bits per heavy atom. The summed E-state index contributed by atoms with van der Waals surface area (Å²) in [6.45, 7) is 4.03. The Balaban J connectivity index is -0.000000107. The first-order valence-corrected chi connectivity index (χ1v) is 3.57. The second-order valence-corrected chi connectivity index (χ2v) is 1.74. The predicted octanol–water partition coefficient (Wildman–Crippen LogP) is 1.14. The molecule has 0 saturated heterocycles. The molecule has 56 valence electrons. The van der Waals surface area contributed by atoms with Crippen molar-refractivity contribution in [2.75, 3.05) is 0 Å². The van der Waals surface area contributed by atoms with Crippen LogP contribution in [0.1, 0.15) is 26.7 Å². The minimum atomic E-state index is 0. The molecule has 0 heterocycles. The predicted molar refractivity (Wildman–Crippen MR) is 48.3 cm³/mol. The van der Waals surface area contributed by atoms with Gasteiger partial charge in [0.15, 0.2) is 0 Å². The van der Waals surface area contributed by atoms with Gasteiger partial charge < -0.3 is 0 Å². The van der Waals surface area contributed by atoms with Gasteiger partial charge >= 0.3 is 0 Å². The molecule has 0 aliphatic carbocycles. The van der Waals surface area contributed by atoms with E-state index >= 15 is 0 Å². The van der Waals surface area contributed by atoms with Crippen molar-refractivity contribution in [3.8, 4) is 6.07 Å². The summed E-state index contributed by atoms with van der Waals surface area (Å²) < 4.78 is 0. The summed E-state index contributed by atoms with van der Waals surface area (Å²) in [6, 6.07) is 2.02. The van der Waals surface area contributed by atoms with Crippen molar-refractivity contribution < 1.29 is 21.1 Å². The Bertz CT molecular complexity index is 82.4. The fourth-order valence-electron chi connectivity index (χ4n) is 0.248. The molecule has 0 aliphatic heterocycles. The average Bonchev–Trinajstić information content (AvgIpc) is 1.93. The summed E-state index contributed by atoms with van der Waals surface area (Å²) in [5.41, 5.74) is 0. The maximum atomic E-state index is 7.82. The largest absolute Gasteiger partial charge is 0.198 e. The number of rotatable bonds is 3. The molecule has 0 saturated carbocycles. The van der Waals surface area contributed by atoms with Crippen LogP contribution in [0, 0.1) is 11.3 Å². The zero-order valence-electron chi connectivity index (χ0n) is 7.21. The van der Waals surface area contributed by atoms with E-state index in [1.165, 1.54) is 0 Å². The van der Waals surface area contributed by atoms with Gasteiger partial charge in [-0.3, -0.25) is 0 Å². The molecule has 0 spiro atoms.